The van der Waals surface area contributed by atoms with Gasteiger partial charge in [0.05, 0.1) is 24.2 Å². The first-order valence-corrected chi connectivity index (χ1v) is 7.58. The molecule has 1 fully saturated rings. The maximum atomic E-state index is 13.7. The van der Waals surface area contributed by atoms with Crippen LogP contribution in [-0.2, 0) is 4.79 Å². The Balaban J connectivity index is 1.99. The van der Waals surface area contributed by atoms with Crippen molar-refractivity contribution in [3.63, 3.8) is 0 Å². The molecule has 1 saturated heterocycles. The number of rotatable bonds is 5. The molecule has 0 saturated carbocycles. The van der Waals surface area contributed by atoms with Gasteiger partial charge >= 0.3 is 0 Å². The molecule has 2 rings (SSSR count). The molecule has 2 amide bonds. The zero-order chi connectivity index (χ0) is 17.0. The molecule has 23 heavy (non-hydrogen) atoms. The van der Waals surface area contributed by atoms with Crippen LogP contribution in [-0.4, -0.2) is 55.1 Å². The van der Waals surface area contributed by atoms with Gasteiger partial charge in [-0.25, -0.2) is 8.78 Å². The number of hydrogen-bond donors (Lipinski definition) is 2. The summed E-state index contributed by atoms with van der Waals surface area (Å²) >= 11 is 0. The topological polar surface area (TPSA) is 61.4 Å². The first kappa shape index (κ1) is 17.3. The minimum atomic E-state index is -1.11. The molecule has 1 heterocycles. The van der Waals surface area contributed by atoms with Crippen molar-refractivity contribution in [2.45, 2.75) is 31.6 Å². The van der Waals surface area contributed by atoms with Crippen LogP contribution in [0.15, 0.2) is 24.3 Å². The normalized spacial score (nSPS) is 22.0. The number of alkyl halides is 1. The van der Waals surface area contributed by atoms with Gasteiger partial charge in [0.2, 0.25) is 5.91 Å². The van der Waals surface area contributed by atoms with Gasteiger partial charge in [0.25, 0.3) is 5.91 Å². The smallest absolute Gasteiger partial charge is 0.254 e. The third-order valence-electron chi connectivity index (χ3n) is 4.07. The summed E-state index contributed by atoms with van der Waals surface area (Å²) in [6.45, 7) is 1.81. The van der Waals surface area contributed by atoms with Gasteiger partial charge in [0, 0.05) is 13.0 Å². The Morgan fingerprint density at radius 3 is 2.74 bits per heavy atom. The lowest BCUT2D eigenvalue weighted by Crippen LogP contribution is -2.49. The van der Waals surface area contributed by atoms with Gasteiger partial charge in [0.15, 0.2) is 0 Å². The van der Waals surface area contributed by atoms with Gasteiger partial charge in [-0.3, -0.25) is 9.59 Å². The largest absolute Gasteiger partial charge is 0.350 e. The summed E-state index contributed by atoms with van der Waals surface area (Å²) in [5.41, 5.74) is -0.0660. The Labute approximate surface area is 134 Å². The van der Waals surface area contributed by atoms with Crippen molar-refractivity contribution in [2.24, 2.45) is 0 Å². The van der Waals surface area contributed by atoms with E-state index in [9.17, 15) is 18.4 Å². The van der Waals surface area contributed by atoms with Crippen LogP contribution in [0.1, 0.15) is 23.7 Å². The summed E-state index contributed by atoms with van der Waals surface area (Å²) in [6, 6.07) is 4.79. The molecule has 0 bridgehead atoms. The number of benzene rings is 1. The molecule has 3 atom stereocenters. The molecule has 5 nitrogen and oxygen atoms in total. The van der Waals surface area contributed by atoms with Crippen molar-refractivity contribution in [3.8, 4) is 0 Å². The van der Waals surface area contributed by atoms with E-state index in [1.165, 1.54) is 23.1 Å². The Bertz CT molecular complexity index is 582. The van der Waals surface area contributed by atoms with Crippen molar-refractivity contribution in [3.05, 3.63) is 35.6 Å². The lowest BCUT2D eigenvalue weighted by Gasteiger charge is -2.27. The summed E-state index contributed by atoms with van der Waals surface area (Å²) in [5.74, 6) is -1.39. The van der Waals surface area contributed by atoms with Gasteiger partial charge < -0.3 is 15.5 Å². The van der Waals surface area contributed by atoms with Crippen LogP contribution in [0.3, 0.4) is 0 Å². The first-order chi connectivity index (χ1) is 10.9. The molecule has 1 aromatic rings. The first-order valence-electron chi connectivity index (χ1n) is 7.58. The third-order valence-corrected chi connectivity index (χ3v) is 4.07. The van der Waals surface area contributed by atoms with Crippen LogP contribution in [0, 0.1) is 5.82 Å². The number of likely N-dealkylation sites (N-methyl/N-ethyl adjacent to an activating group) is 1. The summed E-state index contributed by atoms with van der Waals surface area (Å²) in [6.07, 6.45) is -0.946. The quantitative estimate of drug-likeness (QED) is 0.852. The Kier molecular flexibility index (Phi) is 5.65. The van der Waals surface area contributed by atoms with Crippen LogP contribution < -0.4 is 10.6 Å². The van der Waals surface area contributed by atoms with Crippen molar-refractivity contribution in [1.29, 1.82) is 0 Å². The standard InChI is InChI=1S/C16H21F2N3O2/c1-10(19-2)16(23)21-9-11(17)7-12(21)8-20-15(22)13-5-3-4-6-14(13)18/h3-6,10-12,19H,7-9H2,1-2H3,(H,20,22)/t10-,11-,12-/m0/s1. The third kappa shape index (κ3) is 4.04. The van der Waals surface area contributed by atoms with Crippen molar-refractivity contribution in [2.75, 3.05) is 20.1 Å². The van der Waals surface area contributed by atoms with Crippen molar-refractivity contribution in [1.82, 2.24) is 15.5 Å². The minimum Gasteiger partial charge on any atom is -0.350 e. The molecular formula is C16H21F2N3O2. The molecule has 2 N–H and O–H groups in total. The second-order valence-corrected chi connectivity index (χ2v) is 5.68. The highest BCUT2D eigenvalue weighted by atomic mass is 19.1. The number of likely N-dealkylation sites (tertiary alicyclic amines) is 1. The SMILES string of the molecule is CN[C@@H](C)C(=O)N1C[C@@H](F)C[C@H]1CNC(=O)c1ccccc1F. The van der Waals surface area contributed by atoms with E-state index in [1.807, 2.05) is 0 Å². The number of amides is 2. The highest BCUT2D eigenvalue weighted by Gasteiger charge is 2.36. The molecule has 1 aliphatic heterocycles. The molecule has 0 radical (unpaired) electrons. The monoisotopic (exact) mass is 325 g/mol. The summed E-state index contributed by atoms with van der Waals surface area (Å²) < 4.78 is 27.2. The molecule has 1 aromatic carbocycles. The van der Waals surface area contributed by atoms with Gasteiger partial charge in [-0.2, -0.15) is 0 Å². The van der Waals surface area contributed by atoms with E-state index in [1.54, 1.807) is 20.0 Å². The predicted octanol–water partition coefficient (Wildman–Crippen LogP) is 1.10. The van der Waals surface area contributed by atoms with Gasteiger partial charge in [-0.1, -0.05) is 12.1 Å². The Morgan fingerprint density at radius 2 is 2.09 bits per heavy atom. The maximum Gasteiger partial charge on any atom is 0.254 e. The second kappa shape index (κ2) is 7.50. The van der Waals surface area contributed by atoms with E-state index in [0.29, 0.717) is 0 Å². The van der Waals surface area contributed by atoms with Crippen molar-refractivity contribution < 1.29 is 18.4 Å². The lowest BCUT2D eigenvalue weighted by molar-refractivity contribution is -0.133. The van der Waals surface area contributed by atoms with Crippen molar-refractivity contribution >= 4 is 11.8 Å². The summed E-state index contributed by atoms with van der Waals surface area (Å²) in [4.78, 5) is 25.7. The van der Waals surface area contributed by atoms with E-state index in [4.69, 9.17) is 0 Å². The predicted molar refractivity (Wildman–Crippen MR) is 82.3 cm³/mol. The zero-order valence-electron chi connectivity index (χ0n) is 13.2. The van der Waals surface area contributed by atoms with E-state index < -0.39 is 30.0 Å². The van der Waals surface area contributed by atoms with Gasteiger partial charge in [0.1, 0.15) is 12.0 Å². The molecule has 0 spiro atoms. The van der Waals surface area contributed by atoms with E-state index in [-0.39, 0.29) is 31.0 Å². The number of nitrogens with one attached hydrogen (secondary N) is 2. The van der Waals surface area contributed by atoms with Crippen LogP contribution in [0.5, 0.6) is 0 Å². The number of carbonyl (C=O) groups excluding carboxylic acids is 2. The fourth-order valence-corrected chi connectivity index (χ4v) is 2.65. The zero-order valence-corrected chi connectivity index (χ0v) is 13.2. The van der Waals surface area contributed by atoms with Gasteiger partial charge in [-0.05, 0) is 26.1 Å². The fraction of sp³-hybridized carbons (Fsp3) is 0.500. The number of halogens is 2. The molecule has 0 aromatic heterocycles. The molecular weight excluding hydrogens is 304 g/mol. The van der Waals surface area contributed by atoms with Crippen LogP contribution in [0.2, 0.25) is 0 Å². The average Bonchev–Trinajstić information content (AvgIpc) is 2.92. The van der Waals surface area contributed by atoms with E-state index >= 15 is 0 Å². The fourth-order valence-electron chi connectivity index (χ4n) is 2.65. The van der Waals surface area contributed by atoms with Crippen LogP contribution >= 0.6 is 0 Å². The molecule has 0 aliphatic carbocycles. The Morgan fingerprint density at radius 1 is 1.39 bits per heavy atom. The highest BCUT2D eigenvalue weighted by molar-refractivity contribution is 5.94. The molecule has 126 valence electrons. The Hall–Kier alpha value is -2.02. The number of carbonyl (C=O) groups is 2. The molecule has 7 heteroatoms. The number of hydrogen-bond acceptors (Lipinski definition) is 3. The average molecular weight is 325 g/mol. The van der Waals surface area contributed by atoms with E-state index in [0.717, 1.165) is 0 Å². The number of nitrogens with zero attached hydrogens (tertiary/aromatic N) is 1. The highest BCUT2D eigenvalue weighted by Crippen LogP contribution is 2.21. The second-order valence-electron chi connectivity index (χ2n) is 5.68. The molecule has 0 unspecified atom stereocenters. The summed E-state index contributed by atoms with van der Waals surface area (Å²) in [5, 5.41) is 5.41. The van der Waals surface area contributed by atoms with E-state index in [2.05, 4.69) is 10.6 Å². The van der Waals surface area contributed by atoms with Gasteiger partial charge in [-0.15, -0.1) is 0 Å². The van der Waals surface area contributed by atoms with Crippen LogP contribution in [0.25, 0.3) is 0 Å². The van der Waals surface area contributed by atoms with Crippen LogP contribution in [0.4, 0.5) is 8.78 Å². The minimum absolute atomic E-state index is 0.0189. The molecule has 1 aliphatic rings. The maximum absolute atomic E-state index is 13.7. The summed E-state index contributed by atoms with van der Waals surface area (Å²) in [7, 11) is 1.65. The lowest BCUT2D eigenvalue weighted by atomic mass is 10.1.